The molecule has 28 heavy (non-hydrogen) atoms. The van der Waals surface area contributed by atoms with Crippen LogP contribution in [0.3, 0.4) is 0 Å². The Morgan fingerprint density at radius 3 is 2.29 bits per heavy atom. The van der Waals surface area contributed by atoms with Gasteiger partial charge in [0, 0.05) is 17.7 Å². The predicted molar refractivity (Wildman–Crippen MR) is 103 cm³/mol. The maximum atomic E-state index is 12.3. The molecule has 0 bridgehead atoms. The van der Waals surface area contributed by atoms with E-state index in [-0.39, 0.29) is 5.78 Å². The molecule has 2 rings (SSSR count). The van der Waals surface area contributed by atoms with Gasteiger partial charge >= 0.3 is 5.97 Å². The molecule has 0 aliphatic heterocycles. The van der Waals surface area contributed by atoms with E-state index >= 15 is 0 Å². The van der Waals surface area contributed by atoms with E-state index in [1.54, 1.807) is 36.4 Å². The van der Waals surface area contributed by atoms with Gasteiger partial charge in [-0.3, -0.25) is 4.79 Å². The van der Waals surface area contributed by atoms with Crippen LogP contribution < -0.4 is 18.9 Å². The molecule has 0 saturated heterocycles. The SMILES string of the molecule is COc1ccc(C(=O)COC(=O)/C=C/c2cccc(OC)c2OC)c(OC)c1. The lowest BCUT2D eigenvalue weighted by Crippen LogP contribution is -2.13. The highest BCUT2D eigenvalue weighted by atomic mass is 16.5. The summed E-state index contributed by atoms with van der Waals surface area (Å²) in [5, 5.41) is 0. The summed E-state index contributed by atoms with van der Waals surface area (Å²) in [6.45, 7) is -0.416. The van der Waals surface area contributed by atoms with Gasteiger partial charge in [0.05, 0.1) is 34.0 Å². The van der Waals surface area contributed by atoms with Gasteiger partial charge in [-0.2, -0.15) is 0 Å². The lowest BCUT2D eigenvalue weighted by molar-refractivity contribution is -0.136. The van der Waals surface area contributed by atoms with Crippen LogP contribution in [0.25, 0.3) is 6.08 Å². The van der Waals surface area contributed by atoms with E-state index in [1.807, 2.05) is 0 Å². The van der Waals surface area contributed by atoms with Crippen LogP contribution in [-0.4, -0.2) is 46.8 Å². The molecule has 0 heterocycles. The monoisotopic (exact) mass is 386 g/mol. The van der Waals surface area contributed by atoms with Gasteiger partial charge in [0.1, 0.15) is 11.5 Å². The lowest BCUT2D eigenvalue weighted by Gasteiger charge is -2.10. The molecule has 0 saturated carbocycles. The zero-order valence-electron chi connectivity index (χ0n) is 16.2. The number of benzene rings is 2. The van der Waals surface area contributed by atoms with Crippen molar-refractivity contribution in [3.8, 4) is 23.0 Å². The van der Waals surface area contributed by atoms with Gasteiger partial charge in [0.25, 0.3) is 0 Å². The minimum Gasteiger partial charge on any atom is -0.497 e. The van der Waals surface area contributed by atoms with Gasteiger partial charge in [-0.15, -0.1) is 0 Å². The summed E-state index contributed by atoms with van der Waals surface area (Å²) in [6.07, 6.45) is 2.75. The van der Waals surface area contributed by atoms with E-state index in [4.69, 9.17) is 23.7 Å². The molecule has 2 aromatic carbocycles. The molecule has 0 fully saturated rings. The van der Waals surface area contributed by atoms with Crippen molar-refractivity contribution in [1.29, 1.82) is 0 Å². The Balaban J connectivity index is 2.03. The Morgan fingerprint density at radius 1 is 0.893 bits per heavy atom. The molecular weight excluding hydrogens is 364 g/mol. The number of rotatable bonds is 9. The first-order valence-electron chi connectivity index (χ1n) is 8.35. The van der Waals surface area contributed by atoms with Gasteiger partial charge in [0.2, 0.25) is 5.78 Å². The number of ketones is 1. The minimum atomic E-state index is -0.661. The summed E-state index contributed by atoms with van der Waals surface area (Å²) in [6, 6.07) is 10.1. The van der Waals surface area contributed by atoms with Crippen molar-refractivity contribution in [1.82, 2.24) is 0 Å². The highest BCUT2D eigenvalue weighted by molar-refractivity contribution is 6.01. The number of carbonyl (C=O) groups is 2. The highest BCUT2D eigenvalue weighted by Gasteiger charge is 2.15. The average molecular weight is 386 g/mol. The molecule has 0 N–H and O–H groups in total. The summed E-state index contributed by atoms with van der Waals surface area (Å²) in [7, 11) is 6.00. The van der Waals surface area contributed by atoms with Crippen molar-refractivity contribution >= 4 is 17.8 Å². The van der Waals surface area contributed by atoms with Crippen molar-refractivity contribution in [3.63, 3.8) is 0 Å². The Bertz CT molecular complexity index is 871. The molecule has 0 spiro atoms. The van der Waals surface area contributed by atoms with Crippen molar-refractivity contribution in [2.24, 2.45) is 0 Å². The van der Waals surface area contributed by atoms with E-state index in [0.717, 1.165) is 0 Å². The minimum absolute atomic E-state index is 0.301. The number of para-hydroxylation sites is 1. The van der Waals surface area contributed by atoms with Gasteiger partial charge < -0.3 is 23.7 Å². The average Bonchev–Trinajstić information content (AvgIpc) is 2.74. The zero-order valence-corrected chi connectivity index (χ0v) is 16.2. The highest BCUT2D eigenvalue weighted by Crippen LogP contribution is 2.31. The number of hydrogen-bond donors (Lipinski definition) is 0. The molecule has 7 heteroatoms. The third-order valence-electron chi connectivity index (χ3n) is 3.89. The van der Waals surface area contributed by atoms with Crippen molar-refractivity contribution in [3.05, 3.63) is 53.6 Å². The van der Waals surface area contributed by atoms with Crippen LogP contribution in [0.4, 0.5) is 0 Å². The van der Waals surface area contributed by atoms with E-state index in [9.17, 15) is 9.59 Å². The fraction of sp³-hybridized carbons (Fsp3) is 0.238. The Labute approximate surface area is 163 Å². The molecule has 2 aromatic rings. The fourth-order valence-electron chi connectivity index (χ4n) is 2.49. The summed E-state index contributed by atoms with van der Waals surface area (Å²) >= 11 is 0. The molecule has 0 unspecified atom stereocenters. The Hall–Kier alpha value is -3.48. The number of methoxy groups -OCH3 is 4. The summed E-state index contributed by atoms with van der Waals surface area (Å²) in [5.41, 5.74) is 0.941. The second-order valence-electron chi connectivity index (χ2n) is 5.51. The predicted octanol–water partition coefficient (Wildman–Crippen LogP) is 3.16. The smallest absolute Gasteiger partial charge is 0.331 e. The first-order valence-corrected chi connectivity index (χ1v) is 8.35. The van der Waals surface area contributed by atoms with Crippen LogP contribution in [0.2, 0.25) is 0 Å². The van der Waals surface area contributed by atoms with Crippen LogP contribution in [0.5, 0.6) is 23.0 Å². The molecule has 0 amide bonds. The lowest BCUT2D eigenvalue weighted by atomic mass is 10.1. The normalized spacial score (nSPS) is 10.4. The van der Waals surface area contributed by atoms with E-state index < -0.39 is 12.6 Å². The summed E-state index contributed by atoms with van der Waals surface area (Å²) in [4.78, 5) is 24.3. The molecule has 0 aliphatic rings. The Kier molecular flexibility index (Phi) is 7.45. The third-order valence-corrected chi connectivity index (χ3v) is 3.89. The zero-order chi connectivity index (χ0) is 20.5. The van der Waals surface area contributed by atoms with Gasteiger partial charge in [-0.05, 0) is 24.3 Å². The maximum absolute atomic E-state index is 12.3. The van der Waals surface area contributed by atoms with Crippen LogP contribution in [0.15, 0.2) is 42.5 Å². The number of hydrogen-bond acceptors (Lipinski definition) is 7. The molecule has 7 nitrogen and oxygen atoms in total. The van der Waals surface area contributed by atoms with Crippen LogP contribution in [0.1, 0.15) is 15.9 Å². The van der Waals surface area contributed by atoms with Gasteiger partial charge in [0.15, 0.2) is 18.1 Å². The van der Waals surface area contributed by atoms with Gasteiger partial charge in [-0.1, -0.05) is 12.1 Å². The van der Waals surface area contributed by atoms with Crippen molar-refractivity contribution < 1.29 is 33.3 Å². The molecule has 0 radical (unpaired) electrons. The number of Topliss-reactive ketones (excluding diaryl/α,β-unsaturated/α-hetero) is 1. The Morgan fingerprint density at radius 2 is 1.64 bits per heavy atom. The van der Waals surface area contributed by atoms with E-state index in [1.165, 1.54) is 40.6 Å². The van der Waals surface area contributed by atoms with Gasteiger partial charge in [-0.25, -0.2) is 4.79 Å². The molecule has 148 valence electrons. The number of esters is 1. The maximum Gasteiger partial charge on any atom is 0.331 e. The molecular formula is C21H22O7. The topological polar surface area (TPSA) is 80.3 Å². The quantitative estimate of drug-likeness (QED) is 0.372. The molecule has 0 aliphatic carbocycles. The van der Waals surface area contributed by atoms with Crippen molar-refractivity contribution in [2.45, 2.75) is 0 Å². The second kappa shape index (κ2) is 10.0. The summed E-state index contributed by atoms with van der Waals surface area (Å²) < 4.78 is 25.8. The molecule has 0 atom stereocenters. The van der Waals surface area contributed by atoms with Crippen LogP contribution in [-0.2, 0) is 9.53 Å². The first-order chi connectivity index (χ1) is 13.5. The third kappa shape index (κ3) is 5.03. The van der Waals surface area contributed by atoms with E-state index in [0.29, 0.717) is 34.1 Å². The van der Waals surface area contributed by atoms with Crippen LogP contribution >= 0.6 is 0 Å². The van der Waals surface area contributed by atoms with E-state index in [2.05, 4.69) is 0 Å². The number of ether oxygens (including phenoxy) is 5. The first kappa shape index (κ1) is 20.8. The summed E-state index contributed by atoms with van der Waals surface area (Å²) in [5.74, 6) is 0.886. The standard InChI is InChI=1S/C21H22O7/c1-24-15-9-10-16(19(12-15)26-3)17(22)13-28-20(23)11-8-14-6-5-7-18(25-2)21(14)27-4/h5-12H,13H2,1-4H3/b11-8+. The number of carbonyl (C=O) groups excluding carboxylic acids is 2. The largest absolute Gasteiger partial charge is 0.497 e. The molecule has 0 aromatic heterocycles. The van der Waals surface area contributed by atoms with Crippen molar-refractivity contribution in [2.75, 3.05) is 35.0 Å². The second-order valence-corrected chi connectivity index (χ2v) is 5.51. The fourth-order valence-corrected chi connectivity index (χ4v) is 2.49. The van der Waals surface area contributed by atoms with Crippen LogP contribution in [0, 0.1) is 0 Å².